The van der Waals surface area contributed by atoms with E-state index < -0.39 is 5.97 Å². The molecule has 0 amide bonds. The lowest BCUT2D eigenvalue weighted by Gasteiger charge is -2.08. The summed E-state index contributed by atoms with van der Waals surface area (Å²) in [6.45, 7) is 2.85. The van der Waals surface area contributed by atoms with Crippen LogP contribution in [-0.2, 0) is 9.53 Å². The summed E-state index contributed by atoms with van der Waals surface area (Å²) in [4.78, 5) is 23.2. The second kappa shape index (κ2) is 12.2. The molecular formula is C23H25NO5. The second-order valence-electron chi connectivity index (χ2n) is 6.39. The van der Waals surface area contributed by atoms with E-state index in [9.17, 15) is 9.59 Å². The van der Waals surface area contributed by atoms with Crippen LogP contribution in [0.5, 0.6) is 11.5 Å². The fraction of sp³-hybridized carbons (Fsp3) is 0.348. The van der Waals surface area contributed by atoms with Crippen molar-refractivity contribution in [3.63, 3.8) is 0 Å². The molecule has 0 atom stereocenters. The number of rotatable bonds is 11. The SMILES string of the molecule is CCC(=O)OCCCCCCOc1ccc(C(=O)Oc2ccc(C#N)cc2)cc1. The second-order valence-corrected chi connectivity index (χ2v) is 6.39. The Kier molecular flexibility index (Phi) is 9.23. The van der Waals surface area contributed by atoms with Crippen LogP contribution in [0.3, 0.4) is 0 Å². The molecule has 0 aliphatic carbocycles. The Balaban J connectivity index is 1.65. The molecule has 0 aliphatic heterocycles. The molecule has 0 saturated heterocycles. The van der Waals surface area contributed by atoms with Gasteiger partial charge in [-0.2, -0.15) is 5.26 Å². The Hall–Kier alpha value is -3.33. The standard InChI is InChI=1S/C23H25NO5/c1-2-22(25)28-16-6-4-3-5-15-27-20-13-9-19(10-14-20)23(26)29-21-11-7-18(17-24)8-12-21/h7-14H,2-6,15-16H2,1H3. The first-order valence-corrected chi connectivity index (χ1v) is 9.73. The van der Waals surface area contributed by atoms with Crippen LogP contribution >= 0.6 is 0 Å². The lowest BCUT2D eigenvalue weighted by molar-refractivity contribution is -0.143. The maximum Gasteiger partial charge on any atom is 0.343 e. The molecule has 0 N–H and O–H groups in total. The summed E-state index contributed by atoms with van der Waals surface area (Å²) >= 11 is 0. The van der Waals surface area contributed by atoms with E-state index in [0.29, 0.717) is 42.3 Å². The molecule has 0 heterocycles. The molecule has 2 aromatic carbocycles. The van der Waals surface area contributed by atoms with E-state index >= 15 is 0 Å². The zero-order chi connectivity index (χ0) is 20.9. The largest absolute Gasteiger partial charge is 0.494 e. The molecule has 0 radical (unpaired) electrons. The average Bonchev–Trinajstić information content (AvgIpc) is 2.76. The monoisotopic (exact) mass is 395 g/mol. The van der Waals surface area contributed by atoms with Crippen LogP contribution in [0, 0.1) is 11.3 Å². The first kappa shape index (κ1) is 22.0. The van der Waals surface area contributed by atoms with Crippen LogP contribution < -0.4 is 9.47 Å². The summed E-state index contributed by atoms with van der Waals surface area (Å²) in [6, 6.07) is 15.2. The van der Waals surface area contributed by atoms with E-state index in [-0.39, 0.29) is 5.97 Å². The highest BCUT2D eigenvalue weighted by Gasteiger charge is 2.09. The van der Waals surface area contributed by atoms with Gasteiger partial charge in [-0.05, 0) is 74.2 Å². The van der Waals surface area contributed by atoms with Gasteiger partial charge in [-0.25, -0.2) is 4.79 Å². The van der Waals surface area contributed by atoms with Gasteiger partial charge >= 0.3 is 11.9 Å². The fourth-order valence-electron chi connectivity index (χ4n) is 2.49. The van der Waals surface area contributed by atoms with Crippen molar-refractivity contribution >= 4 is 11.9 Å². The predicted octanol–water partition coefficient (Wildman–Crippen LogP) is 4.67. The van der Waals surface area contributed by atoms with Crippen LogP contribution in [0.2, 0.25) is 0 Å². The lowest BCUT2D eigenvalue weighted by Crippen LogP contribution is -2.08. The molecule has 0 saturated carbocycles. The van der Waals surface area contributed by atoms with E-state index in [0.717, 1.165) is 25.7 Å². The molecular weight excluding hydrogens is 370 g/mol. The van der Waals surface area contributed by atoms with Crippen molar-refractivity contribution < 1.29 is 23.8 Å². The highest BCUT2D eigenvalue weighted by atomic mass is 16.5. The third kappa shape index (κ3) is 8.06. The Morgan fingerprint density at radius 3 is 2.10 bits per heavy atom. The van der Waals surface area contributed by atoms with E-state index in [2.05, 4.69) is 0 Å². The maximum atomic E-state index is 12.2. The smallest absolute Gasteiger partial charge is 0.343 e. The maximum absolute atomic E-state index is 12.2. The average molecular weight is 395 g/mol. The van der Waals surface area contributed by atoms with E-state index in [1.165, 1.54) is 0 Å². The predicted molar refractivity (Wildman–Crippen MR) is 108 cm³/mol. The summed E-state index contributed by atoms with van der Waals surface area (Å²) in [5.41, 5.74) is 0.926. The third-order valence-electron chi connectivity index (χ3n) is 4.14. The molecule has 29 heavy (non-hydrogen) atoms. The van der Waals surface area contributed by atoms with Crippen molar-refractivity contribution in [2.45, 2.75) is 39.0 Å². The van der Waals surface area contributed by atoms with Crippen LogP contribution in [-0.4, -0.2) is 25.2 Å². The van der Waals surface area contributed by atoms with Gasteiger partial charge in [0.15, 0.2) is 0 Å². The molecule has 0 aromatic heterocycles. The molecule has 152 valence electrons. The number of benzene rings is 2. The van der Waals surface area contributed by atoms with Gasteiger partial charge in [-0.3, -0.25) is 4.79 Å². The summed E-state index contributed by atoms with van der Waals surface area (Å²) in [5, 5.41) is 8.78. The van der Waals surface area contributed by atoms with Crippen LogP contribution in [0.1, 0.15) is 54.9 Å². The number of esters is 2. The number of carbonyl (C=O) groups excluding carboxylic acids is 2. The lowest BCUT2D eigenvalue weighted by atomic mass is 10.2. The molecule has 2 rings (SSSR count). The highest BCUT2D eigenvalue weighted by Crippen LogP contribution is 2.17. The van der Waals surface area contributed by atoms with Crippen LogP contribution in [0.15, 0.2) is 48.5 Å². The minimum Gasteiger partial charge on any atom is -0.494 e. The Bertz CT molecular complexity index is 822. The number of carbonyl (C=O) groups is 2. The van der Waals surface area contributed by atoms with Crippen molar-refractivity contribution in [2.24, 2.45) is 0 Å². The molecule has 0 aliphatic rings. The van der Waals surface area contributed by atoms with Crippen LogP contribution in [0.25, 0.3) is 0 Å². The molecule has 2 aromatic rings. The van der Waals surface area contributed by atoms with Crippen molar-refractivity contribution in [3.05, 3.63) is 59.7 Å². The van der Waals surface area contributed by atoms with Crippen LogP contribution in [0.4, 0.5) is 0 Å². The third-order valence-corrected chi connectivity index (χ3v) is 4.14. The number of ether oxygens (including phenoxy) is 3. The van der Waals surface area contributed by atoms with Crippen molar-refractivity contribution in [2.75, 3.05) is 13.2 Å². The normalized spacial score (nSPS) is 10.1. The van der Waals surface area contributed by atoms with Crippen molar-refractivity contribution in [1.29, 1.82) is 5.26 Å². The molecule has 0 unspecified atom stereocenters. The van der Waals surface area contributed by atoms with Gasteiger partial charge in [0.25, 0.3) is 0 Å². The van der Waals surface area contributed by atoms with Gasteiger partial charge in [0.05, 0.1) is 30.4 Å². The Labute approximate surface area is 171 Å². The summed E-state index contributed by atoms with van der Waals surface area (Å²) in [5.74, 6) is 0.457. The Morgan fingerprint density at radius 2 is 1.48 bits per heavy atom. The summed E-state index contributed by atoms with van der Waals surface area (Å²) < 4.78 is 16.0. The van der Waals surface area contributed by atoms with Crippen molar-refractivity contribution in [3.8, 4) is 17.6 Å². The van der Waals surface area contributed by atoms with Crippen molar-refractivity contribution in [1.82, 2.24) is 0 Å². The van der Waals surface area contributed by atoms with Gasteiger partial charge in [-0.1, -0.05) is 6.92 Å². The van der Waals surface area contributed by atoms with E-state index in [1.807, 2.05) is 6.07 Å². The van der Waals surface area contributed by atoms with Gasteiger partial charge in [0.2, 0.25) is 0 Å². The van der Waals surface area contributed by atoms with Gasteiger partial charge in [-0.15, -0.1) is 0 Å². The first-order chi connectivity index (χ1) is 14.1. The van der Waals surface area contributed by atoms with Gasteiger partial charge in [0, 0.05) is 6.42 Å². The quantitative estimate of drug-likeness (QED) is 0.312. The minimum absolute atomic E-state index is 0.155. The number of unbranched alkanes of at least 4 members (excludes halogenated alkanes) is 3. The number of nitrogens with zero attached hydrogens (tertiary/aromatic N) is 1. The number of hydrogen-bond donors (Lipinski definition) is 0. The summed E-state index contributed by atoms with van der Waals surface area (Å²) in [6.07, 6.45) is 4.17. The first-order valence-electron chi connectivity index (χ1n) is 9.73. The highest BCUT2D eigenvalue weighted by molar-refractivity contribution is 5.91. The minimum atomic E-state index is -0.468. The van der Waals surface area contributed by atoms with Gasteiger partial charge < -0.3 is 14.2 Å². The molecule has 0 spiro atoms. The molecule has 0 bridgehead atoms. The molecule has 6 heteroatoms. The van der Waals surface area contributed by atoms with E-state index in [1.54, 1.807) is 55.5 Å². The number of hydrogen-bond acceptors (Lipinski definition) is 6. The topological polar surface area (TPSA) is 85.6 Å². The molecule has 6 nitrogen and oxygen atoms in total. The number of nitriles is 1. The molecule has 0 fully saturated rings. The van der Waals surface area contributed by atoms with Gasteiger partial charge in [0.1, 0.15) is 11.5 Å². The van der Waals surface area contributed by atoms with E-state index in [4.69, 9.17) is 19.5 Å². The zero-order valence-corrected chi connectivity index (χ0v) is 16.6. The Morgan fingerprint density at radius 1 is 0.862 bits per heavy atom. The fourth-order valence-corrected chi connectivity index (χ4v) is 2.49. The summed E-state index contributed by atoms with van der Waals surface area (Å²) in [7, 11) is 0. The zero-order valence-electron chi connectivity index (χ0n) is 16.6.